The van der Waals surface area contributed by atoms with Gasteiger partial charge in [0.05, 0.1) is 6.04 Å². The fraction of sp³-hybridized carbons (Fsp3) is 0.500. The van der Waals surface area contributed by atoms with Crippen LogP contribution in [-0.2, 0) is 0 Å². The van der Waals surface area contributed by atoms with Crippen molar-refractivity contribution in [3.63, 3.8) is 0 Å². The number of hydrogen-bond donors (Lipinski definition) is 1. The van der Waals surface area contributed by atoms with Gasteiger partial charge >= 0.3 is 0 Å². The molecule has 20 heavy (non-hydrogen) atoms. The van der Waals surface area contributed by atoms with Crippen LogP contribution in [0.1, 0.15) is 55.2 Å². The molecule has 0 aliphatic rings. The maximum Gasteiger partial charge on any atom is 0.139 e. The lowest BCUT2D eigenvalue weighted by molar-refractivity contribution is 0.528. The first-order valence-electron chi connectivity index (χ1n) is 7.25. The van der Waals surface area contributed by atoms with Gasteiger partial charge in [0.1, 0.15) is 10.0 Å². The molecule has 0 aliphatic heterocycles. The number of aromatic nitrogens is 2. The molecule has 1 heterocycles. The second kappa shape index (κ2) is 6.95. The maximum atomic E-state index is 4.42. The molecule has 1 N–H and O–H groups in total. The summed E-state index contributed by atoms with van der Waals surface area (Å²) in [6, 6.07) is 10.6. The third-order valence-electron chi connectivity index (χ3n) is 3.63. The zero-order valence-electron chi connectivity index (χ0n) is 12.6. The van der Waals surface area contributed by atoms with Crippen molar-refractivity contribution in [2.24, 2.45) is 5.92 Å². The Balaban J connectivity index is 2.27. The Morgan fingerprint density at radius 2 is 1.70 bits per heavy atom. The summed E-state index contributed by atoms with van der Waals surface area (Å²) < 4.78 is 0. The number of nitrogens with zero attached hydrogens (tertiary/aromatic N) is 2. The Kier molecular flexibility index (Phi) is 5.26. The van der Waals surface area contributed by atoms with E-state index < -0.39 is 0 Å². The number of rotatable bonds is 6. The lowest BCUT2D eigenvalue weighted by Gasteiger charge is -2.15. The van der Waals surface area contributed by atoms with E-state index in [1.807, 2.05) is 6.07 Å². The summed E-state index contributed by atoms with van der Waals surface area (Å²) in [4.78, 5) is 0. The van der Waals surface area contributed by atoms with Crippen LogP contribution in [0.15, 0.2) is 30.3 Å². The molecule has 0 radical (unpaired) electrons. The van der Waals surface area contributed by atoms with Gasteiger partial charge in [-0.05, 0) is 18.0 Å². The van der Waals surface area contributed by atoms with Crippen molar-refractivity contribution >= 4 is 11.3 Å². The van der Waals surface area contributed by atoms with E-state index in [0.29, 0.717) is 11.8 Å². The van der Waals surface area contributed by atoms with Gasteiger partial charge in [0.25, 0.3) is 0 Å². The van der Waals surface area contributed by atoms with Crippen molar-refractivity contribution in [2.45, 2.75) is 39.7 Å². The predicted octanol–water partition coefficient (Wildman–Crippen LogP) is 4.00. The van der Waals surface area contributed by atoms with Crippen molar-refractivity contribution in [2.75, 3.05) is 6.54 Å². The van der Waals surface area contributed by atoms with Crippen molar-refractivity contribution in [3.05, 3.63) is 45.9 Å². The first-order chi connectivity index (χ1) is 9.63. The van der Waals surface area contributed by atoms with E-state index in [9.17, 15) is 0 Å². The van der Waals surface area contributed by atoms with Gasteiger partial charge in [-0.2, -0.15) is 0 Å². The Morgan fingerprint density at radius 1 is 1.05 bits per heavy atom. The molecule has 2 aromatic rings. The summed E-state index contributed by atoms with van der Waals surface area (Å²) in [6.07, 6.45) is 0. The van der Waals surface area contributed by atoms with E-state index in [2.05, 4.69) is 67.5 Å². The van der Waals surface area contributed by atoms with Gasteiger partial charge in [0.15, 0.2) is 0 Å². The van der Waals surface area contributed by atoms with Crippen LogP contribution in [0.2, 0.25) is 0 Å². The molecular formula is C16H23N3S. The summed E-state index contributed by atoms with van der Waals surface area (Å²) in [6.45, 7) is 9.71. The van der Waals surface area contributed by atoms with Crippen LogP contribution < -0.4 is 5.32 Å². The molecule has 3 nitrogen and oxygen atoms in total. The summed E-state index contributed by atoms with van der Waals surface area (Å²) in [5.74, 6) is 1.05. The van der Waals surface area contributed by atoms with Crippen LogP contribution in [0.3, 0.4) is 0 Å². The first kappa shape index (κ1) is 15.1. The highest BCUT2D eigenvalue weighted by atomic mass is 32.1. The van der Waals surface area contributed by atoms with Crippen LogP contribution in [0, 0.1) is 5.92 Å². The quantitative estimate of drug-likeness (QED) is 0.873. The van der Waals surface area contributed by atoms with Crippen molar-refractivity contribution in [3.8, 4) is 0 Å². The highest BCUT2D eigenvalue weighted by Crippen LogP contribution is 2.31. The molecule has 2 atom stereocenters. The third kappa shape index (κ3) is 3.44. The monoisotopic (exact) mass is 289 g/mol. The third-order valence-corrected chi connectivity index (χ3v) is 4.82. The molecule has 0 saturated heterocycles. The Hall–Kier alpha value is -1.26. The average Bonchev–Trinajstić information content (AvgIpc) is 2.94. The molecule has 2 rings (SSSR count). The molecule has 0 spiro atoms. The molecular weight excluding hydrogens is 266 g/mol. The van der Waals surface area contributed by atoms with E-state index in [1.54, 1.807) is 11.3 Å². The number of nitrogens with one attached hydrogen (secondary N) is 1. The van der Waals surface area contributed by atoms with Crippen molar-refractivity contribution in [1.82, 2.24) is 15.5 Å². The summed E-state index contributed by atoms with van der Waals surface area (Å²) in [5, 5.41) is 14.5. The molecule has 1 aromatic heterocycles. The Morgan fingerprint density at radius 3 is 2.30 bits per heavy atom. The molecule has 0 bridgehead atoms. The van der Waals surface area contributed by atoms with E-state index in [4.69, 9.17) is 0 Å². The number of benzene rings is 1. The van der Waals surface area contributed by atoms with Gasteiger partial charge in [-0.15, -0.1) is 10.2 Å². The van der Waals surface area contributed by atoms with Gasteiger partial charge in [-0.3, -0.25) is 0 Å². The highest BCUT2D eigenvalue weighted by molar-refractivity contribution is 7.11. The minimum Gasteiger partial charge on any atom is -0.304 e. The van der Waals surface area contributed by atoms with Crippen LogP contribution in [0.4, 0.5) is 0 Å². The van der Waals surface area contributed by atoms with Gasteiger partial charge in [0, 0.05) is 5.92 Å². The SMILES string of the molecule is CCNC(c1ccccc1)c1nnc(C(C)C(C)C)s1. The molecule has 2 unspecified atom stereocenters. The maximum absolute atomic E-state index is 4.42. The lowest BCUT2D eigenvalue weighted by Crippen LogP contribution is -2.21. The smallest absolute Gasteiger partial charge is 0.139 e. The van der Waals surface area contributed by atoms with Gasteiger partial charge < -0.3 is 5.32 Å². The standard InChI is InChI=1S/C16H23N3S/c1-5-17-14(13-9-7-6-8-10-13)16-19-18-15(20-16)12(4)11(2)3/h6-12,14,17H,5H2,1-4H3. The van der Waals surface area contributed by atoms with E-state index in [0.717, 1.165) is 16.6 Å². The molecule has 0 fully saturated rings. The second-order valence-electron chi connectivity index (χ2n) is 5.41. The second-order valence-corrected chi connectivity index (χ2v) is 6.45. The fourth-order valence-corrected chi connectivity index (χ4v) is 3.20. The fourth-order valence-electron chi connectivity index (χ4n) is 2.03. The number of hydrogen-bond acceptors (Lipinski definition) is 4. The van der Waals surface area contributed by atoms with Crippen LogP contribution in [-0.4, -0.2) is 16.7 Å². The minimum absolute atomic E-state index is 0.145. The summed E-state index contributed by atoms with van der Waals surface area (Å²) >= 11 is 1.73. The van der Waals surface area contributed by atoms with Crippen LogP contribution >= 0.6 is 11.3 Å². The molecule has 0 aliphatic carbocycles. The zero-order chi connectivity index (χ0) is 14.5. The van der Waals surface area contributed by atoms with E-state index >= 15 is 0 Å². The molecule has 4 heteroatoms. The van der Waals surface area contributed by atoms with E-state index in [1.165, 1.54) is 5.56 Å². The van der Waals surface area contributed by atoms with Crippen molar-refractivity contribution < 1.29 is 0 Å². The molecule has 0 saturated carbocycles. The highest BCUT2D eigenvalue weighted by Gasteiger charge is 2.21. The largest absolute Gasteiger partial charge is 0.304 e. The predicted molar refractivity (Wildman–Crippen MR) is 85.1 cm³/mol. The lowest BCUT2D eigenvalue weighted by atomic mass is 9.99. The summed E-state index contributed by atoms with van der Waals surface area (Å²) in [7, 11) is 0. The van der Waals surface area contributed by atoms with Gasteiger partial charge in [0.2, 0.25) is 0 Å². The normalized spacial score (nSPS) is 14.4. The topological polar surface area (TPSA) is 37.8 Å². The molecule has 108 valence electrons. The summed E-state index contributed by atoms with van der Waals surface area (Å²) in [5.41, 5.74) is 1.24. The molecule has 1 aromatic carbocycles. The average molecular weight is 289 g/mol. The Labute approximate surface area is 125 Å². The van der Waals surface area contributed by atoms with Gasteiger partial charge in [-0.25, -0.2) is 0 Å². The zero-order valence-corrected chi connectivity index (χ0v) is 13.4. The van der Waals surface area contributed by atoms with Gasteiger partial charge in [-0.1, -0.05) is 69.4 Å². The Bertz CT molecular complexity index is 522. The van der Waals surface area contributed by atoms with Crippen LogP contribution in [0.5, 0.6) is 0 Å². The minimum atomic E-state index is 0.145. The van der Waals surface area contributed by atoms with E-state index in [-0.39, 0.29) is 6.04 Å². The molecule has 0 amide bonds. The first-order valence-corrected chi connectivity index (χ1v) is 8.06. The van der Waals surface area contributed by atoms with Crippen LogP contribution in [0.25, 0.3) is 0 Å². The van der Waals surface area contributed by atoms with Crippen molar-refractivity contribution in [1.29, 1.82) is 0 Å².